The van der Waals surface area contributed by atoms with E-state index in [2.05, 4.69) is 27.8 Å². The Bertz CT molecular complexity index is 710. The quantitative estimate of drug-likeness (QED) is 0.772. The lowest BCUT2D eigenvalue weighted by molar-refractivity contribution is 0.102. The van der Waals surface area contributed by atoms with Crippen molar-refractivity contribution < 1.29 is 9.53 Å². The first kappa shape index (κ1) is 16.3. The topological polar surface area (TPSA) is 38.3 Å². The predicted octanol–water partition coefficient (Wildman–Crippen LogP) is 4.88. The van der Waals surface area contributed by atoms with E-state index in [4.69, 9.17) is 4.74 Å². The summed E-state index contributed by atoms with van der Waals surface area (Å²) in [6, 6.07) is 11.2. The van der Waals surface area contributed by atoms with E-state index in [0.717, 1.165) is 15.7 Å². The van der Waals surface area contributed by atoms with Crippen molar-refractivity contribution in [2.45, 2.75) is 13.8 Å². The van der Waals surface area contributed by atoms with E-state index in [9.17, 15) is 4.79 Å². The molecular formula is C18H18BrNO2. The average molecular weight is 360 g/mol. The monoisotopic (exact) mass is 359 g/mol. The highest BCUT2D eigenvalue weighted by molar-refractivity contribution is 9.10. The molecule has 0 atom stereocenters. The van der Waals surface area contributed by atoms with Crippen LogP contribution in [0.15, 0.2) is 53.5 Å². The van der Waals surface area contributed by atoms with Crippen LogP contribution in [0.2, 0.25) is 0 Å². The van der Waals surface area contributed by atoms with E-state index >= 15 is 0 Å². The maximum absolute atomic E-state index is 12.3. The van der Waals surface area contributed by atoms with E-state index in [1.165, 1.54) is 5.56 Å². The zero-order chi connectivity index (χ0) is 16.1. The van der Waals surface area contributed by atoms with Crippen LogP contribution in [0.1, 0.15) is 21.5 Å². The number of rotatable bonds is 5. The molecule has 2 aromatic carbocycles. The number of ether oxygens (including phenoxy) is 1. The molecule has 0 saturated heterocycles. The second-order valence-corrected chi connectivity index (χ2v) is 5.87. The van der Waals surface area contributed by atoms with Gasteiger partial charge in [-0.25, -0.2) is 0 Å². The van der Waals surface area contributed by atoms with Crippen molar-refractivity contribution in [2.24, 2.45) is 0 Å². The molecule has 0 aliphatic carbocycles. The first-order valence-electron chi connectivity index (χ1n) is 6.93. The maximum Gasteiger partial charge on any atom is 0.255 e. The summed E-state index contributed by atoms with van der Waals surface area (Å²) in [5.74, 6) is 0.533. The molecule has 0 unspecified atom stereocenters. The normalized spacial score (nSPS) is 10.1. The molecule has 22 heavy (non-hydrogen) atoms. The Hall–Kier alpha value is -2.07. The highest BCUT2D eigenvalue weighted by atomic mass is 79.9. The maximum atomic E-state index is 12.3. The minimum atomic E-state index is -0.150. The van der Waals surface area contributed by atoms with Crippen LogP contribution in [0.4, 0.5) is 5.69 Å². The van der Waals surface area contributed by atoms with Crippen LogP contribution < -0.4 is 10.1 Å². The fraction of sp³-hybridized carbons (Fsp3) is 0.167. The molecule has 0 aromatic heterocycles. The number of aryl methyl sites for hydroxylation is 2. The lowest BCUT2D eigenvalue weighted by Crippen LogP contribution is -2.13. The first-order chi connectivity index (χ1) is 10.5. The van der Waals surface area contributed by atoms with Crippen LogP contribution in [0.5, 0.6) is 5.75 Å². The van der Waals surface area contributed by atoms with Crippen molar-refractivity contribution in [3.8, 4) is 5.75 Å². The summed E-state index contributed by atoms with van der Waals surface area (Å²) < 4.78 is 6.21. The van der Waals surface area contributed by atoms with Crippen LogP contribution >= 0.6 is 15.9 Å². The minimum absolute atomic E-state index is 0.150. The van der Waals surface area contributed by atoms with Crippen molar-refractivity contribution in [2.75, 3.05) is 11.9 Å². The molecule has 0 fully saturated rings. The van der Waals surface area contributed by atoms with Crippen LogP contribution in [0.25, 0.3) is 0 Å². The van der Waals surface area contributed by atoms with Gasteiger partial charge in [-0.15, -0.1) is 0 Å². The number of halogens is 1. The summed E-state index contributed by atoms with van der Waals surface area (Å²) in [7, 11) is 0. The van der Waals surface area contributed by atoms with Gasteiger partial charge in [0.1, 0.15) is 12.4 Å². The first-order valence-corrected chi connectivity index (χ1v) is 7.72. The van der Waals surface area contributed by atoms with Crippen LogP contribution in [0.3, 0.4) is 0 Å². The second-order valence-electron chi connectivity index (χ2n) is 5.02. The largest absolute Gasteiger partial charge is 0.488 e. The van der Waals surface area contributed by atoms with Gasteiger partial charge in [-0.2, -0.15) is 0 Å². The van der Waals surface area contributed by atoms with Gasteiger partial charge in [0.25, 0.3) is 5.91 Å². The summed E-state index contributed by atoms with van der Waals surface area (Å²) in [5.41, 5.74) is 3.59. The number of amides is 1. The van der Waals surface area contributed by atoms with Gasteiger partial charge in [0.15, 0.2) is 0 Å². The third kappa shape index (κ3) is 3.98. The molecule has 0 bridgehead atoms. The number of nitrogens with one attached hydrogen (secondary N) is 1. The summed E-state index contributed by atoms with van der Waals surface area (Å²) >= 11 is 3.42. The molecule has 1 amide bonds. The van der Waals surface area contributed by atoms with Crippen molar-refractivity contribution in [3.63, 3.8) is 0 Å². The Morgan fingerprint density at radius 3 is 2.68 bits per heavy atom. The molecule has 0 aliphatic rings. The number of carbonyl (C=O) groups excluding carboxylic acids is 1. The summed E-state index contributed by atoms with van der Waals surface area (Å²) in [6.45, 7) is 8.03. The predicted molar refractivity (Wildman–Crippen MR) is 93.7 cm³/mol. The number of benzene rings is 2. The average Bonchev–Trinajstić information content (AvgIpc) is 2.48. The second kappa shape index (κ2) is 7.27. The molecule has 4 heteroatoms. The molecule has 0 saturated carbocycles. The Morgan fingerprint density at radius 2 is 2.05 bits per heavy atom. The van der Waals surface area contributed by atoms with Gasteiger partial charge in [0.05, 0.1) is 4.47 Å². The molecule has 0 heterocycles. The molecule has 1 N–H and O–H groups in total. The Morgan fingerprint density at radius 1 is 1.27 bits per heavy atom. The molecular weight excluding hydrogens is 342 g/mol. The van der Waals surface area contributed by atoms with Crippen molar-refractivity contribution in [3.05, 3.63) is 70.2 Å². The van der Waals surface area contributed by atoms with E-state index < -0.39 is 0 Å². The molecule has 114 valence electrons. The molecule has 0 spiro atoms. The third-order valence-electron chi connectivity index (χ3n) is 3.18. The summed E-state index contributed by atoms with van der Waals surface area (Å²) in [6.07, 6.45) is 1.67. The molecule has 3 nitrogen and oxygen atoms in total. The minimum Gasteiger partial charge on any atom is -0.488 e. The number of carbonyl (C=O) groups is 1. The van der Waals surface area contributed by atoms with Crippen LogP contribution in [-0.2, 0) is 0 Å². The Kier molecular flexibility index (Phi) is 5.39. The van der Waals surface area contributed by atoms with Gasteiger partial charge in [-0.1, -0.05) is 30.4 Å². The van der Waals surface area contributed by atoms with Gasteiger partial charge in [0, 0.05) is 11.3 Å². The van der Waals surface area contributed by atoms with Gasteiger partial charge in [-0.3, -0.25) is 4.79 Å². The SMILES string of the molecule is C=CCOc1ccc(C(=O)Nc2ccc(C)cc2C)cc1Br. The third-order valence-corrected chi connectivity index (χ3v) is 3.80. The zero-order valence-electron chi connectivity index (χ0n) is 12.7. The summed E-state index contributed by atoms with van der Waals surface area (Å²) in [5, 5.41) is 2.93. The van der Waals surface area contributed by atoms with Crippen LogP contribution in [-0.4, -0.2) is 12.5 Å². The van der Waals surface area contributed by atoms with Crippen molar-refractivity contribution >= 4 is 27.5 Å². The summed E-state index contributed by atoms with van der Waals surface area (Å²) in [4.78, 5) is 12.3. The Balaban J connectivity index is 2.15. The number of anilines is 1. The van der Waals surface area contributed by atoms with Gasteiger partial charge >= 0.3 is 0 Å². The highest BCUT2D eigenvalue weighted by Gasteiger charge is 2.10. The van der Waals surface area contributed by atoms with Crippen molar-refractivity contribution in [1.29, 1.82) is 0 Å². The van der Waals surface area contributed by atoms with Crippen molar-refractivity contribution in [1.82, 2.24) is 0 Å². The Labute approximate surface area is 139 Å². The lowest BCUT2D eigenvalue weighted by atomic mass is 10.1. The molecule has 0 aliphatic heterocycles. The van der Waals surface area contributed by atoms with Gasteiger partial charge < -0.3 is 10.1 Å². The molecule has 2 rings (SSSR count). The molecule has 0 radical (unpaired) electrons. The standard InChI is InChI=1S/C18H18BrNO2/c1-4-9-22-17-8-6-14(11-15(17)19)18(21)20-16-7-5-12(2)10-13(16)3/h4-8,10-11H,1,9H2,2-3H3,(H,20,21). The highest BCUT2D eigenvalue weighted by Crippen LogP contribution is 2.26. The van der Waals surface area contributed by atoms with E-state index in [0.29, 0.717) is 17.9 Å². The van der Waals surface area contributed by atoms with Gasteiger partial charge in [-0.05, 0) is 59.6 Å². The van der Waals surface area contributed by atoms with E-state index in [-0.39, 0.29) is 5.91 Å². The van der Waals surface area contributed by atoms with E-state index in [1.54, 1.807) is 24.3 Å². The van der Waals surface area contributed by atoms with Gasteiger partial charge in [0.2, 0.25) is 0 Å². The van der Waals surface area contributed by atoms with Crippen LogP contribution in [0, 0.1) is 13.8 Å². The fourth-order valence-electron chi connectivity index (χ4n) is 2.06. The zero-order valence-corrected chi connectivity index (χ0v) is 14.2. The number of hydrogen-bond donors (Lipinski definition) is 1. The lowest BCUT2D eigenvalue weighted by Gasteiger charge is -2.11. The number of hydrogen-bond acceptors (Lipinski definition) is 2. The molecule has 2 aromatic rings. The fourth-order valence-corrected chi connectivity index (χ4v) is 2.55. The van der Waals surface area contributed by atoms with E-state index in [1.807, 2.05) is 32.0 Å². The smallest absolute Gasteiger partial charge is 0.255 e.